The van der Waals surface area contributed by atoms with Crippen molar-refractivity contribution in [3.05, 3.63) is 39.1 Å². The van der Waals surface area contributed by atoms with Crippen molar-refractivity contribution >= 4 is 33.5 Å². The first kappa shape index (κ1) is 16.0. The number of nitrogens with zero attached hydrogens (tertiary/aromatic N) is 3. The molecule has 0 radical (unpaired) electrons. The van der Waals surface area contributed by atoms with E-state index in [1.807, 2.05) is 25.3 Å². The van der Waals surface area contributed by atoms with Crippen molar-refractivity contribution in [2.24, 2.45) is 0 Å². The molecule has 0 spiro atoms. The number of hydrogen-bond donors (Lipinski definition) is 1. The van der Waals surface area contributed by atoms with Crippen molar-refractivity contribution in [1.82, 2.24) is 15.0 Å². The van der Waals surface area contributed by atoms with Crippen LogP contribution in [-0.4, -0.2) is 26.1 Å². The molecule has 0 bridgehead atoms. The molecule has 5 nitrogen and oxygen atoms in total. The lowest BCUT2D eigenvalue weighted by Crippen LogP contribution is -1.97. The molecule has 0 amide bonds. The highest BCUT2D eigenvalue weighted by atomic mass is 79.9. The van der Waals surface area contributed by atoms with Crippen molar-refractivity contribution < 1.29 is 9.90 Å². The lowest BCUT2D eigenvalue weighted by Gasteiger charge is -2.06. The number of benzene rings is 1. The zero-order chi connectivity index (χ0) is 15.4. The van der Waals surface area contributed by atoms with Gasteiger partial charge in [-0.05, 0) is 59.8 Å². The van der Waals surface area contributed by atoms with Crippen LogP contribution in [0.1, 0.15) is 30.5 Å². The van der Waals surface area contributed by atoms with Crippen LogP contribution in [0, 0.1) is 6.92 Å². The Hall–Kier alpha value is -1.40. The molecule has 2 rings (SSSR count). The van der Waals surface area contributed by atoms with E-state index < -0.39 is 5.97 Å². The second-order valence-corrected chi connectivity index (χ2v) is 6.07. The van der Waals surface area contributed by atoms with Gasteiger partial charge < -0.3 is 5.11 Å². The second kappa shape index (κ2) is 7.04. The summed E-state index contributed by atoms with van der Waals surface area (Å²) in [5.41, 5.74) is 2.65. The minimum Gasteiger partial charge on any atom is -0.481 e. The molecule has 0 unspecified atom stereocenters. The summed E-state index contributed by atoms with van der Waals surface area (Å²) >= 11 is 9.63. The molecule has 21 heavy (non-hydrogen) atoms. The minimum absolute atomic E-state index is 0.188. The summed E-state index contributed by atoms with van der Waals surface area (Å²) < 4.78 is 2.56. The second-order valence-electron chi connectivity index (χ2n) is 4.81. The Morgan fingerprint density at radius 2 is 2.19 bits per heavy atom. The van der Waals surface area contributed by atoms with Crippen molar-refractivity contribution in [2.75, 3.05) is 0 Å². The molecule has 112 valence electrons. The van der Waals surface area contributed by atoms with Gasteiger partial charge in [-0.1, -0.05) is 16.8 Å². The molecular formula is C14H15BrClN3O2. The molecule has 7 heteroatoms. The zero-order valence-corrected chi connectivity index (χ0v) is 13.9. The van der Waals surface area contributed by atoms with Crippen LogP contribution in [-0.2, 0) is 11.2 Å². The number of hydrogen-bond acceptors (Lipinski definition) is 3. The zero-order valence-electron chi connectivity index (χ0n) is 11.5. The van der Waals surface area contributed by atoms with E-state index in [4.69, 9.17) is 16.7 Å². The van der Waals surface area contributed by atoms with Gasteiger partial charge in [0.2, 0.25) is 0 Å². The van der Waals surface area contributed by atoms with Gasteiger partial charge >= 0.3 is 5.97 Å². The molecule has 0 aliphatic carbocycles. The molecule has 1 aromatic heterocycles. The molecule has 0 fully saturated rings. The third-order valence-electron chi connectivity index (χ3n) is 3.09. The van der Waals surface area contributed by atoms with E-state index in [0.29, 0.717) is 17.9 Å². The Morgan fingerprint density at radius 3 is 2.90 bits per heavy atom. The maximum Gasteiger partial charge on any atom is 0.303 e. The summed E-state index contributed by atoms with van der Waals surface area (Å²) in [6.07, 6.45) is 4.16. The maximum atomic E-state index is 10.4. The van der Waals surface area contributed by atoms with Crippen LogP contribution in [0.4, 0.5) is 0 Å². The predicted octanol–water partition coefficient (Wildman–Crippen LogP) is 3.79. The molecule has 1 aromatic carbocycles. The molecule has 0 aliphatic heterocycles. The molecule has 1 heterocycles. The van der Waals surface area contributed by atoms with E-state index in [2.05, 4.69) is 26.2 Å². The monoisotopic (exact) mass is 371 g/mol. The fraction of sp³-hybridized carbons (Fsp3) is 0.357. The summed E-state index contributed by atoms with van der Waals surface area (Å²) in [4.78, 5) is 10.4. The molecule has 0 saturated heterocycles. The number of carbonyl (C=O) groups is 1. The van der Waals surface area contributed by atoms with Crippen LogP contribution >= 0.6 is 27.5 Å². The number of carboxylic acid groups (broad SMARTS) is 1. The first-order chi connectivity index (χ1) is 9.97. The highest BCUT2D eigenvalue weighted by molar-refractivity contribution is 9.10. The van der Waals surface area contributed by atoms with Gasteiger partial charge in [-0.25, -0.2) is 4.68 Å². The first-order valence-corrected chi connectivity index (χ1v) is 7.73. The Kier molecular flexibility index (Phi) is 5.36. The quantitative estimate of drug-likeness (QED) is 0.783. The predicted molar refractivity (Wildman–Crippen MR) is 84.0 cm³/mol. The minimum atomic E-state index is -0.767. The number of unbranched alkanes of at least 4 members (excludes halogenated alkanes) is 1. The number of halogens is 2. The number of carboxylic acids is 1. The highest BCUT2D eigenvalue weighted by Crippen LogP contribution is 2.27. The van der Waals surface area contributed by atoms with Crippen molar-refractivity contribution in [3.8, 4) is 5.69 Å². The fourth-order valence-electron chi connectivity index (χ4n) is 1.92. The summed E-state index contributed by atoms with van der Waals surface area (Å²) in [6, 6.07) is 3.77. The molecule has 0 saturated carbocycles. The molecule has 1 N–H and O–H groups in total. The van der Waals surface area contributed by atoms with Crippen LogP contribution < -0.4 is 0 Å². The van der Waals surface area contributed by atoms with Gasteiger partial charge in [0.15, 0.2) is 0 Å². The van der Waals surface area contributed by atoms with Crippen molar-refractivity contribution in [2.45, 2.75) is 32.6 Å². The van der Waals surface area contributed by atoms with Gasteiger partial charge in [-0.2, -0.15) is 0 Å². The smallest absolute Gasteiger partial charge is 0.303 e. The normalized spacial score (nSPS) is 10.8. The lowest BCUT2D eigenvalue weighted by atomic mass is 10.1. The Bertz CT molecular complexity index is 658. The lowest BCUT2D eigenvalue weighted by molar-refractivity contribution is -0.137. The maximum absolute atomic E-state index is 10.4. The van der Waals surface area contributed by atoms with E-state index in [9.17, 15) is 4.79 Å². The SMILES string of the molecule is Cc1cc(Br)c(-n2cc(CCCCC(=O)O)nn2)cc1Cl. The van der Waals surface area contributed by atoms with Crippen LogP contribution in [0.15, 0.2) is 22.8 Å². The van der Waals surface area contributed by atoms with Gasteiger partial charge in [-0.3, -0.25) is 4.79 Å². The van der Waals surface area contributed by atoms with Gasteiger partial charge in [0.05, 0.1) is 17.6 Å². The summed E-state index contributed by atoms with van der Waals surface area (Å²) in [7, 11) is 0. The van der Waals surface area contributed by atoms with Gasteiger partial charge in [0, 0.05) is 15.9 Å². The van der Waals surface area contributed by atoms with Gasteiger partial charge in [-0.15, -0.1) is 5.10 Å². The molecule has 0 aliphatic rings. The summed E-state index contributed by atoms with van der Waals surface area (Å²) in [5, 5.41) is 17.5. The standard InChI is InChI=1S/C14H15BrClN3O2/c1-9-6-11(15)13(7-12(9)16)19-8-10(17-18-19)4-2-3-5-14(20)21/h6-8H,2-5H2,1H3,(H,20,21). The van der Waals surface area contributed by atoms with E-state index in [1.54, 1.807) is 4.68 Å². The molecule has 2 aromatic rings. The van der Waals surface area contributed by atoms with E-state index in [1.165, 1.54) is 0 Å². The Morgan fingerprint density at radius 1 is 1.43 bits per heavy atom. The van der Waals surface area contributed by atoms with Crippen molar-refractivity contribution in [3.63, 3.8) is 0 Å². The van der Waals surface area contributed by atoms with Crippen LogP contribution in [0.2, 0.25) is 5.02 Å². The van der Waals surface area contributed by atoms with Crippen LogP contribution in [0.3, 0.4) is 0 Å². The Labute approximate surface area is 136 Å². The van der Waals surface area contributed by atoms with E-state index in [0.717, 1.165) is 27.8 Å². The number of rotatable bonds is 6. The molecular weight excluding hydrogens is 358 g/mol. The van der Waals surface area contributed by atoms with Gasteiger partial charge in [0.25, 0.3) is 0 Å². The largest absolute Gasteiger partial charge is 0.481 e. The first-order valence-electron chi connectivity index (χ1n) is 6.56. The number of aliphatic carboxylic acids is 1. The Balaban J connectivity index is 2.06. The van der Waals surface area contributed by atoms with E-state index >= 15 is 0 Å². The summed E-state index contributed by atoms with van der Waals surface area (Å²) in [5.74, 6) is -0.767. The number of aromatic nitrogens is 3. The third kappa shape index (κ3) is 4.28. The number of aryl methyl sites for hydroxylation is 2. The van der Waals surface area contributed by atoms with Crippen LogP contribution in [0.5, 0.6) is 0 Å². The average Bonchev–Trinajstić information content (AvgIpc) is 2.87. The van der Waals surface area contributed by atoms with Gasteiger partial charge in [0.1, 0.15) is 0 Å². The van der Waals surface area contributed by atoms with E-state index in [-0.39, 0.29) is 6.42 Å². The fourth-order valence-corrected chi connectivity index (χ4v) is 2.72. The third-order valence-corrected chi connectivity index (χ3v) is 4.13. The van der Waals surface area contributed by atoms with Crippen molar-refractivity contribution in [1.29, 1.82) is 0 Å². The topological polar surface area (TPSA) is 68.0 Å². The highest BCUT2D eigenvalue weighted by Gasteiger charge is 2.09. The summed E-state index contributed by atoms with van der Waals surface area (Å²) in [6.45, 7) is 1.94. The van der Waals surface area contributed by atoms with Crippen LogP contribution in [0.25, 0.3) is 5.69 Å². The molecule has 0 atom stereocenters. The average molecular weight is 373 g/mol.